The van der Waals surface area contributed by atoms with Crippen molar-refractivity contribution in [2.75, 3.05) is 11.5 Å². The van der Waals surface area contributed by atoms with Gasteiger partial charge >= 0.3 is 0 Å². The summed E-state index contributed by atoms with van der Waals surface area (Å²) in [7, 11) is 0. The van der Waals surface area contributed by atoms with E-state index < -0.39 is 0 Å². The number of hydrogen-bond acceptors (Lipinski definition) is 2. The molecule has 0 heterocycles. The smallest absolute Gasteiger partial charge is 0.0521 e. The number of nitrogen functional groups attached to an aromatic ring is 1. The molecule has 1 aromatic carbocycles. The molecule has 0 saturated carbocycles. The molecule has 1 rings (SSSR count). The standard InChI is InChI=1S/C12H15NS/c1-9(2)10-5-6-12(13)11(8-10)4-3-7-14/h5-6,8-9,14H,7,13H2,1-2H3. The number of nitrogens with two attached hydrogens (primary N) is 1. The van der Waals surface area contributed by atoms with Gasteiger partial charge in [0.1, 0.15) is 0 Å². The van der Waals surface area contributed by atoms with E-state index in [0.717, 1.165) is 11.3 Å². The second kappa shape index (κ2) is 4.97. The fourth-order valence-electron chi connectivity index (χ4n) is 1.18. The molecule has 0 saturated heterocycles. The molecule has 0 amide bonds. The minimum absolute atomic E-state index is 0.507. The maximum atomic E-state index is 5.80. The molecule has 0 spiro atoms. The van der Waals surface area contributed by atoms with E-state index >= 15 is 0 Å². The molecule has 74 valence electrons. The predicted molar refractivity (Wildman–Crippen MR) is 65.7 cm³/mol. The van der Waals surface area contributed by atoms with Gasteiger partial charge in [0.15, 0.2) is 0 Å². The molecule has 1 aromatic rings. The summed E-state index contributed by atoms with van der Waals surface area (Å²) < 4.78 is 0. The molecular weight excluding hydrogens is 190 g/mol. The van der Waals surface area contributed by atoms with Gasteiger partial charge in [-0.2, -0.15) is 12.6 Å². The average Bonchev–Trinajstić information content (AvgIpc) is 2.16. The minimum atomic E-state index is 0.507. The predicted octanol–water partition coefficient (Wildman–Crippen LogP) is 2.67. The van der Waals surface area contributed by atoms with Crippen molar-refractivity contribution in [1.82, 2.24) is 0 Å². The van der Waals surface area contributed by atoms with Crippen LogP contribution in [0.5, 0.6) is 0 Å². The maximum absolute atomic E-state index is 5.80. The van der Waals surface area contributed by atoms with Crippen molar-refractivity contribution in [3.63, 3.8) is 0 Å². The third-order valence-electron chi connectivity index (χ3n) is 2.05. The van der Waals surface area contributed by atoms with Crippen LogP contribution in [0.15, 0.2) is 18.2 Å². The summed E-state index contributed by atoms with van der Waals surface area (Å²) in [5.41, 5.74) is 8.72. The van der Waals surface area contributed by atoms with E-state index in [-0.39, 0.29) is 0 Å². The minimum Gasteiger partial charge on any atom is -0.398 e. The van der Waals surface area contributed by atoms with Gasteiger partial charge in [0.25, 0.3) is 0 Å². The van der Waals surface area contributed by atoms with Crippen molar-refractivity contribution in [2.24, 2.45) is 0 Å². The molecule has 0 bridgehead atoms. The molecule has 14 heavy (non-hydrogen) atoms. The number of anilines is 1. The first-order valence-corrected chi connectivity index (χ1v) is 5.27. The van der Waals surface area contributed by atoms with Crippen LogP contribution in [0, 0.1) is 11.8 Å². The molecular formula is C12H15NS. The second-order valence-electron chi connectivity index (χ2n) is 3.46. The highest BCUT2D eigenvalue weighted by atomic mass is 32.1. The Labute approximate surface area is 91.1 Å². The van der Waals surface area contributed by atoms with Crippen LogP contribution < -0.4 is 5.73 Å². The average molecular weight is 205 g/mol. The summed E-state index contributed by atoms with van der Waals surface area (Å²) in [4.78, 5) is 0. The molecule has 2 heteroatoms. The Bertz CT molecular complexity index is 372. The summed E-state index contributed by atoms with van der Waals surface area (Å²) in [6.07, 6.45) is 0. The van der Waals surface area contributed by atoms with E-state index in [0.29, 0.717) is 11.7 Å². The first kappa shape index (κ1) is 11.0. The summed E-state index contributed by atoms with van der Waals surface area (Å²) in [6.45, 7) is 4.31. The zero-order valence-corrected chi connectivity index (χ0v) is 9.44. The highest BCUT2D eigenvalue weighted by Crippen LogP contribution is 2.19. The number of benzene rings is 1. The summed E-state index contributed by atoms with van der Waals surface area (Å²) in [6, 6.07) is 6.01. The van der Waals surface area contributed by atoms with E-state index in [1.807, 2.05) is 12.1 Å². The van der Waals surface area contributed by atoms with Crippen LogP contribution >= 0.6 is 12.6 Å². The molecule has 2 N–H and O–H groups in total. The van der Waals surface area contributed by atoms with Crippen LogP contribution in [0.3, 0.4) is 0 Å². The van der Waals surface area contributed by atoms with E-state index in [1.54, 1.807) is 0 Å². The first-order valence-electron chi connectivity index (χ1n) is 4.64. The van der Waals surface area contributed by atoms with Crippen molar-refractivity contribution >= 4 is 18.3 Å². The van der Waals surface area contributed by atoms with Gasteiger partial charge in [-0.05, 0) is 23.6 Å². The zero-order valence-electron chi connectivity index (χ0n) is 8.54. The Kier molecular flexibility index (Phi) is 3.91. The Morgan fingerprint density at radius 2 is 2.14 bits per heavy atom. The Morgan fingerprint density at radius 3 is 2.71 bits per heavy atom. The van der Waals surface area contributed by atoms with Crippen LogP contribution in [0.4, 0.5) is 5.69 Å². The molecule has 0 radical (unpaired) electrons. The number of rotatable bonds is 1. The summed E-state index contributed by atoms with van der Waals surface area (Å²) in [5, 5.41) is 0. The van der Waals surface area contributed by atoms with Gasteiger partial charge in [-0.3, -0.25) is 0 Å². The highest BCUT2D eigenvalue weighted by Gasteiger charge is 2.01. The molecule has 0 unspecified atom stereocenters. The molecule has 0 fully saturated rings. The topological polar surface area (TPSA) is 26.0 Å². The molecule has 0 aliphatic rings. The maximum Gasteiger partial charge on any atom is 0.0521 e. The van der Waals surface area contributed by atoms with Gasteiger partial charge in [-0.1, -0.05) is 31.8 Å². The third-order valence-corrected chi connectivity index (χ3v) is 2.20. The van der Waals surface area contributed by atoms with Crippen molar-refractivity contribution in [3.05, 3.63) is 29.3 Å². The van der Waals surface area contributed by atoms with Crippen molar-refractivity contribution in [2.45, 2.75) is 19.8 Å². The van der Waals surface area contributed by atoms with Crippen LogP contribution in [-0.4, -0.2) is 5.75 Å². The first-order chi connectivity index (χ1) is 6.65. The number of thiol groups is 1. The third kappa shape index (κ3) is 2.71. The summed E-state index contributed by atoms with van der Waals surface area (Å²) in [5.74, 6) is 6.98. The zero-order chi connectivity index (χ0) is 10.6. The Morgan fingerprint density at radius 1 is 1.43 bits per heavy atom. The number of hydrogen-bond donors (Lipinski definition) is 2. The highest BCUT2D eigenvalue weighted by molar-refractivity contribution is 7.80. The largest absolute Gasteiger partial charge is 0.398 e. The van der Waals surface area contributed by atoms with Crippen molar-refractivity contribution in [3.8, 4) is 11.8 Å². The SMILES string of the molecule is CC(C)c1ccc(N)c(C#CCS)c1. The van der Waals surface area contributed by atoms with Crippen molar-refractivity contribution in [1.29, 1.82) is 0 Å². The molecule has 1 nitrogen and oxygen atoms in total. The van der Waals surface area contributed by atoms with Gasteiger partial charge < -0.3 is 5.73 Å². The molecule has 0 aliphatic heterocycles. The lowest BCUT2D eigenvalue weighted by Gasteiger charge is -2.06. The van der Waals surface area contributed by atoms with Gasteiger partial charge in [-0.15, -0.1) is 0 Å². The van der Waals surface area contributed by atoms with E-state index in [9.17, 15) is 0 Å². The van der Waals surface area contributed by atoms with E-state index in [4.69, 9.17) is 5.73 Å². The molecule has 0 aromatic heterocycles. The van der Waals surface area contributed by atoms with Crippen LogP contribution in [0.25, 0.3) is 0 Å². The normalized spacial score (nSPS) is 9.71. The van der Waals surface area contributed by atoms with Gasteiger partial charge in [0.2, 0.25) is 0 Å². The van der Waals surface area contributed by atoms with E-state index in [1.165, 1.54) is 5.56 Å². The van der Waals surface area contributed by atoms with Crippen LogP contribution in [-0.2, 0) is 0 Å². The Balaban J connectivity index is 3.08. The second-order valence-corrected chi connectivity index (χ2v) is 3.78. The van der Waals surface area contributed by atoms with Gasteiger partial charge in [-0.25, -0.2) is 0 Å². The van der Waals surface area contributed by atoms with Crippen LogP contribution in [0.2, 0.25) is 0 Å². The van der Waals surface area contributed by atoms with E-state index in [2.05, 4.69) is 44.4 Å². The fraction of sp³-hybridized carbons (Fsp3) is 0.333. The quantitative estimate of drug-likeness (QED) is 0.411. The monoisotopic (exact) mass is 205 g/mol. The van der Waals surface area contributed by atoms with Crippen molar-refractivity contribution < 1.29 is 0 Å². The van der Waals surface area contributed by atoms with Gasteiger partial charge in [0.05, 0.1) is 5.75 Å². The lowest BCUT2D eigenvalue weighted by atomic mass is 10.00. The van der Waals surface area contributed by atoms with Gasteiger partial charge in [0, 0.05) is 11.3 Å². The Hall–Kier alpha value is -1.07. The van der Waals surface area contributed by atoms with Crippen LogP contribution in [0.1, 0.15) is 30.9 Å². The summed E-state index contributed by atoms with van der Waals surface area (Å²) >= 11 is 4.04. The molecule has 0 atom stereocenters. The lowest BCUT2D eigenvalue weighted by Crippen LogP contribution is -1.94. The fourth-order valence-corrected chi connectivity index (χ4v) is 1.26. The lowest BCUT2D eigenvalue weighted by molar-refractivity contribution is 0.866. The molecule has 0 aliphatic carbocycles.